The van der Waals surface area contributed by atoms with Crippen molar-refractivity contribution in [1.82, 2.24) is 15.1 Å². The molecule has 4 nitrogen and oxygen atoms in total. The van der Waals surface area contributed by atoms with Crippen LogP contribution in [0.5, 0.6) is 0 Å². The summed E-state index contributed by atoms with van der Waals surface area (Å²) in [7, 11) is 1.85. The minimum Gasteiger partial charge on any atom is -0.352 e. The highest BCUT2D eigenvalue weighted by Crippen LogP contribution is 2.32. The van der Waals surface area contributed by atoms with Crippen molar-refractivity contribution in [2.45, 2.75) is 26.2 Å². The van der Waals surface area contributed by atoms with Crippen molar-refractivity contribution < 1.29 is 4.79 Å². The number of halogens is 1. The number of rotatable bonds is 4. The van der Waals surface area contributed by atoms with Crippen molar-refractivity contribution in [1.29, 1.82) is 0 Å². The first-order chi connectivity index (χ1) is 8.63. The van der Waals surface area contributed by atoms with Crippen molar-refractivity contribution in [3.63, 3.8) is 0 Å². The molecule has 1 aliphatic rings. The van der Waals surface area contributed by atoms with Crippen LogP contribution in [0.25, 0.3) is 0 Å². The van der Waals surface area contributed by atoms with Crippen molar-refractivity contribution in [3.05, 3.63) is 17.5 Å². The van der Waals surface area contributed by atoms with Gasteiger partial charge < -0.3 is 5.32 Å². The lowest BCUT2D eigenvalue weighted by Crippen LogP contribution is -2.31. The summed E-state index contributed by atoms with van der Waals surface area (Å²) in [5.41, 5.74) is 1.60. The van der Waals surface area contributed by atoms with Gasteiger partial charge in [0.15, 0.2) is 0 Å². The number of carbonyl (C=O) groups is 1. The van der Waals surface area contributed by atoms with Crippen LogP contribution in [-0.2, 0) is 7.05 Å². The quantitative estimate of drug-likeness (QED) is 0.867. The van der Waals surface area contributed by atoms with E-state index in [4.69, 9.17) is 0 Å². The van der Waals surface area contributed by atoms with Crippen molar-refractivity contribution in [2.75, 3.05) is 11.9 Å². The lowest BCUT2D eigenvalue weighted by molar-refractivity contribution is 0.0944. The Labute approximate surface area is 116 Å². The second-order valence-corrected chi connectivity index (χ2v) is 5.73. The van der Waals surface area contributed by atoms with Crippen molar-refractivity contribution >= 4 is 21.8 Å². The maximum atomic E-state index is 12.1. The molecule has 0 saturated heterocycles. The molecule has 1 N–H and O–H groups in total. The van der Waals surface area contributed by atoms with Gasteiger partial charge in [-0.1, -0.05) is 22.4 Å². The van der Waals surface area contributed by atoms with E-state index in [2.05, 4.69) is 26.3 Å². The zero-order chi connectivity index (χ0) is 13.1. The molecule has 2 rings (SSSR count). The lowest BCUT2D eigenvalue weighted by atomic mass is 9.98. The molecule has 18 heavy (non-hydrogen) atoms. The molecule has 1 heterocycles. The van der Waals surface area contributed by atoms with E-state index in [1.165, 1.54) is 19.3 Å². The predicted molar refractivity (Wildman–Crippen MR) is 74.9 cm³/mol. The Hall–Kier alpha value is -0.840. The van der Waals surface area contributed by atoms with Crippen molar-refractivity contribution in [2.24, 2.45) is 18.9 Å². The highest BCUT2D eigenvalue weighted by atomic mass is 79.9. The molecule has 1 aromatic rings. The van der Waals surface area contributed by atoms with Crippen LogP contribution in [0.15, 0.2) is 6.20 Å². The molecule has 1 fully saturated rings. The molecule has 0 bridgehead atoms. The molecular weight excluding hydrogens is 294 g/mol. The van der Waals surface area contributed by atoms with Crippen LogP contribution in [0.1, 0.15) is 35.3 Å². The number of aromatic nitrogens is 2. The standard InChI is InChI=1S/C13H20BrN3O/c1-9-12(8-16-17(9)2)13(18)15-7-11-5-3-4-10(11)6-14/h8,10-11H,3-7H2,1-2H3,(H,15,18). The summed E-state index contributed by atoms with van der Waals surface area (Å²) < 4.78 is 1.73. The minimum atomic E-state index is 0.000762. The van der Waals surface area contributed by atoms with Crippen LogP contribution >= 0.6 is 15.9 Å². The second-order valence-electron chi connectivity index (χ2n) is 5.08. The maximum Gasteiger partial charge on any atom is 0.254 e. The molecule has 1 aliphatic carbocycles. The Morgan fingerprint density at radius 3 is 2.89 bits per heavy atom. The number of nitrogens with one attached hydrogen (secondary N) is 1. The first-order valence-corrected chi connectivity index (χ1v) is 7.58. The third-order valence-corrected chi connectivity index (χ3v) is 4.85. The molecule has 1 aromatic heterocycles. The Morgan fingerprint density at radius 1 is 1.56 bits per heavy atom. The smallest absolute Gasteiger partial charge is 0.254 e. The Bertz CT molecular complexity index is 430. The van der Waals surface area contributed by atoms with E-state index in [9.17, 15) is 4.79 Å². The lowest BCUT2D eigenvalue weighted by Gasteiger charge is -2.17. The van der Waals surface area contributed by atoms with E-state index in [-0.39, 0.29) is 5.91 Å². The molecule has 0 spiro atoms. The molecule has 1 amide bonds. The average molecular weight is 314 g/mol. The summed E-state index contributed by atoms with van der Waals surface area (Å²) in [5.74, 6) is 1.33. The Morgan fingerprint density at radius 2 is 2.28 bits per heavy atom. The Kier molecular flexibility index (Phi) is 4.43. The summed E-state index contributed by atoms with van der Waals surface area (Å²) >= 11 is 3.56. The van der Waals surface area contributed by atoms with E-state index in [0.29, 0.717) is 17.4 Å². The summed E-state index contributed by atoms with van der Waals surface area (Å²) in [6, 6.07) is 0. The van der Waals surface area contributed by atoms with Gasteiger partial charge in [0.2, 0.25) is 0 Å². The molecule has 5 heteroatoms. The van der Waals surface area contributed by atoms with Gasteiger partial charge in [-0.3, -0.25) is 9.48 Å². The molecule has 0 aliphatic heterocycles. The van der Waals surface area contributed by atoms with Crippen molar-refractivity contribution in [3.8, 4) is 0 Å². The normalized spacial score (nSPS) is 23.3. The summed E-state index contributed by atoms with van der Waals surface area (Å²) in [5, 5.41) is 8.18. The first-order valence-electron chi connectivity index (χ1n) is 6.46. The van der Waals surface area contributed by atoms with E-state index in [1.807, 2.05) is 14.0 Å². The van der Waals surface area contributed by atoms with E-state index in [0.717, 1.165) is 17.6 Å². The van der Waals surface area contributed by atoms with E-state index >= 15 is 0 Å². The minimum absolute atomic E-state index is 0.000762. The maximum absolute atomic E-state index is 12.1. The fourth-order valence-corrected chi connectivity index (χ4v) is 3.48. The number of amides is 1. The second kappa shape index (κ2) is 5.87. The van der Waals surface area contributed by atoms with Gasteiger partial charge in [-0.2, -0.15) is 5.10 Å². The number of hydrogen-bond donors (Lipinski definition) is 1. The highest BCUT2D eigenvalue weighted by molar-refractivity contribution is 9.09. The van der Waals surface area contributed by atoms with Gasteiger partial charge >= 0.3 is 0 Å². The van der Waals surface area contributed by atoms with E-state index in [1.54, 1.807) is 10.9 Å². The number of aryl methyl sites for hydroxylation is 1. The van der Waals surface area contributed by atoms with Crippen LogP contribution in [0.3, 0.4) is 0 Å². The summed E-state index contributed by atoms with van der Waals surface area (Å²) in [4.78, 5) is 12.1. The zero-order valence-electron chi connectivity index (χ0n) is 10.9. The molecular formula is C13H20BrN3O. The van der Waals surface area contributed by atoms with Gasteiger partial charge in [0.1, 0.15) is 0 Å². The highest BCUT2D eigenvalue weighted by Gasteiger charge is 2.26. The van der Waals surface area contributed by atoms with Crippen LogP contribution in [0.4, 0.5) is 0 Å². The number of carbonyl (C=O) groups excluding carboxylic acids is 1. The Balaban J connectivity index is 1.90. The average Bonchev–Trinajstić information content (AvgIpc) is 2.94. The van der Waals surface area contributed by atoms with Crippen LogP contribution < -0.4 is 5.32 Å². The largest absolute Gasteiger partial charge is 0.352 e. The van der Waals surface area contributed by atoms with Gasteiger partial charge in [-0.15, -0.1) is 0 Å². The number of hydrogen-bond acceptors (Lipinski definition) is 2. The SMILES string of the molecule is Cc1c(C(=O)NCC2CCCC2CBr)cnn1C. The summed E-state index contributed by atoms with van der Waals surface area (Å²) in [6.45, 7) is 2.70. The molecule has 2 atom stereocenters. The molecule has 0 aromatic carbocycles. The molecule has 0 radical (unpaired) electrons. The third kappa shape index (κ3) is 2.76. The van der Waals surface area contributed by atoms with Crippen LogP contribution in [0.2, 0.25) is 0 Å². The van der Waals surface area contributed by atoms with Gasteiger partial charge in [0, 0.05) is 24.6 Å². The zero-order valence-corrected chi connectivity index (χ0v) is 12.5. The third-order valence-electron chi connectivity index (χ3n) is 4.02. The van der Waals surface area contributed by atoms with Gasteiger partial charge in [-0.25, -0.2) is 0 Å². The molecule has 100 valence electrons. The van der Waals surface area contributed by atoms with Crippen LogP contribution in [-0.4, -0.2) is 27.6 Å². The van der Waals surface area contributed by atoms with E-state index < -0.39 is 0 Å². The fraction of sp³-hybridized carbons (Fsp3) is 0.692. The predicted octanol–water partition coefficient (Wildman–Crippen LogP) is 2.27. The summed E-state index contributed by atoms with van der Waals surface area (Å²) in [6.07, 6.45) is 5.42. The molecule has 1 saturated carbocycles. The first kappa shape index (κ1) is 13.6. The monoisotopic (exact) mass is 313 g/mol. The number of nitrogens with zero attached hydrogens (tertiary/aromatic N) is 2. The topological polar surface area (TPSA) is 46.9 Å². The van der Waals surface area contributed by atoms with Gasteiger partial charge in [0.25, 0.3) is 5.91 Å². The van der Waals surface area contributed by atoms with Gasteiger partial charge in [0.05, 0.1) is 11.8 Å². The van der Waals surface area contributed by atoms with Gasteiger partial charge in [-0.05, 0) is 31.6 Å². The fourth-order valence-electron chi connectivity index (χ4n) is 2.63. The molecule has 2 unspecified atom stereocenters. The van der Waals surface area contributed by atoms with Crippen LogP contribution in [0, 0.1) is 18.8 Å². The number of alkyl halides is 1.